The van der Waals surface area contributed by atoms with Gasteiger partial charge in [-0.25, -0.2) is 12.8 Å². The summed E-state index contributed by atoms with van der Waals surface area (Å²) in [5, 5.41) is 3.02. The van der Waals surface area contributed by atoms with Crippen molar-refractivity contribution in [2.45, 2.75) is 75.1 Å². The molecule has 1 saturated carbocycles. The number of anilines is 1. The third-order valence-electron chi connectivity index (χ3n) is 7.68. The Morgan fingerprint density at radius 3 is 2.20 bits per heavy atom. The number of nitrogens with zero attached hydrogens (tertiary/aromatic N) is 2. The molecule has 1 atom stereocenters. The summed E-state index contributed by atoms with van der Waals surface area (Å²) in [7, 11) is -4.53. The van der Waals surface area contributed by atoms with E-state index in [4.69, 9.17) is 0 Å². The van der Waals surface area contributed by atoms with Gasteiger partial charge in [0, 0.05) is 12.6 Å². The molecule has 0 bridgehead atoms. The summed E-state index contributed by atoms with van der Waals surface area (Å²) in [6.07, 6.45) is 0.00773. The van der Waals surface area contributed by atoms with Crippen LogP contribution in [-0.2, 0) is 32.3 Å². The zero-order valence-corrected chi connectivity index (χ0v) is 25.1. The first-order valence-electron chi connectivity index (χ1n) is 14.5. The highest BCUT2D eigenvalue weighted by molar-refractivity contribution is 7.92. The number of halogens is 4. The van der Waals surface area contributed by atoms with Crippen LogP contribution in [0.2, 0.25) is 0 Å². The van der Waals surface area contributed by atoms with E-state index in [1.165, 1.54) is 59.5 Å². The molecule has 0 aliphatic heterocycles. The minimum absolute atomic E-state index is 0.0619. The summed E-state index contributed by atoms with van der Waals surface area (Å²) < 4.78 is 82.9. The summed E-state index contributed by atoms with van der Waals surface area (Å²) >= 11 is 0. The molecular weight excluding hydrogens is 598 g/mol. The van der Waals surface area contributed by atoms with Crippen molar-refractivity contribution in [3.05, 3.63) is 95.8 Å². The van der Waals surface area contributed by atoms with Crippen LogP contribution in [0, 0.1) is 5.82 Å². The van der Waals surface area contributed by atoms with Gasteiger partial charge < -0.3 is 10.2 Å². The molecule has 0 unspecified atom stereocenters. The highest BCUT2D eigenvalue weighted by atomic mass is 32.2. The van der Waals surface area contributed by atoms with E-state index < -0.39 is 52.0 Å². The van der Waals surface area contributed by atoms with Crippen LogP contribution in [0.3, 0.4) is 0 Å². The molecule has 0 spiro atoms. The first-order valence-corrected chi connectivity index (χ1v) is 15.9. The molecule has 1 aliphatic carbocycles. The van der Waals surface area contributed by atoms with E-state index >= 15 is 0 Å². The number of sulfonamides is 1. The fourth-order valence-electron chi connectivity index (χ4n) is 5.34. The molecule has 4 rings (SSSR count). The van der Waals surface area contributed by atoms with Gasteiger partial charge in [0.15, 0.2) is 0 Å². The number of alkyl halides is 3. The predicted molar refractivity (Wildman–Crippen MR) is 158 cm³/mol. The van der Waals surface area contributed by atoms with Crippen molar-refractivity contribution in [3.8, 4) is 0 Å². The van der Waals surface area contributed by atoms with Crippen LogP contribution in [0.25, 0.3) is 0 Å². The average Bonchev–Trinajstić information content (AvgIpc) is 3.01. The number of hydrogen-bond donors (Lipinski definition) is 1. The zero-order chi connectivity index (χ0) is 31.9. The quantitative estimate of drug-likeness (QED) is 0.251. The van der Waals surface area contributed by atoms with Crippen LogP contribution in [-0.4, -0.2) is 43.8 Å². The second-order valence-electron chi connectivity index (χ2n) is 10.8. The van der Waals surface area contributed by atoms with Gasteiger partial charge in [0.05, 0.1) is 16.1 Å². The lowest BCUT2D eigenvalue weighted by Gasteiger charge is -2.34. The van der Waals surface area contributed by atoms with E-state index in [0.717, 1.165) is 44.2 Å². The largest absolute Gasteiger partial charge is 0.416 e. The van der Waals surface area contributed by atoms with Gasteiger partial charge in [-0.2, -0.15) is 13.2 Å². The van der Waals surface area contributed by atoms with Crippen LogP contribution in [0.15, 0.2) is 83.8 Å². The van der Waals surface area contributed by atoms with Gasteiger partial charge in [-0.15, -0.1) is 0 Å². The second kappa shape index (κ2) is 14.2. The first-order chi connectivity index (χ1) is 20.9. The van der Waals surface area contributed by atoms with Crippen molar-refractivity contribution in [1.29, 1.82) is 0 Å². The number of rotatable bonds is 11. The minimum Gasteiger partial charge on any atom is -0.352 e. The fourth-order valence-corrected chi connectivity index (χ4v) is 6.76. The van der Waals surface area contributed by atoms with Crippen LogP contribution in [0.4, 0.5) is 23.2 Å². The van der Waals surface area contributed by atoms with Crippen molar-refractivity contribution in [1.82, 2.24) is 10.2 Å². The molecule has 3 aromatic carbocycles. The second-order valence-corrected chi connectivity index (χ2v) is 12.7. The Hall–Kier alpha value is -3.93. The summed E-state index contributed by atoms with van der Waals surface area (Å²) in [4.78, 5) is 28.6. The van der Waals surface area contributed by atoms with Crippen LogP contribution >= 0.6 is 0 Å². The zero-order valence-electron chi connectivity index (χ0n) is 24.3. The van der Waals surface area contributed by atoms with Crippen molar-refractivity contribution in [3.63, 3.8) is 0 Å². The number of hydrogen-bond acceptors (Lipinski definition) is 4. The van der Waals surface area contributed by atoms with Crippen LogP contribution < -0.4 is 9.62 Å². The third-order valence-corrected chi connectivity index (χ3v) is 9.46. The van der Waals surface area contributed by atoms with Crippen molar-refractivity contribution >= 4 is 27.5 Å². The number of benzene rings is 3. The molecule has 3 aromatic rings. The molecule has 44 heavy (non-hydrogen) atoms. The van der Waals surface area contributed by atoms with Gasteiger partial charge in [0.25, 0.3) is 10.0 Å². The molecular formula is C32H35F4N3O4S. The average molecular weight is 634 g/mol. The van der Waals surface area contributed by atoms with E-state index in [9.17, 15) is 35.6 Å². The highest BCUT2D eigenvalue weighted by Gasteiger charge is 2.36. The summed E-state index contributed by atoms with van der Waals surface area (Å²) in [6.45, 7) is 0.672. The van der Waals surface area contributed by atoms with Gasteiger partial charge in [0.2, 0.25) is 11.8 Å². The normalized spacial score (nSPS) is 14.9. The SMILES string of the molecule is CC[C@@H](C(=O)NC1CCCCC1)N(Cc1ccc(F)cc1)C(=O)CN(c1cccc(C(F)(F)F)c1)S(=O)(=O)c1ccccc1. The molecule has 1 aliphatic rings. The third kappa shape index (κ3) is 8.16. The van der Waals surface area contributed by atoms with E-state index in [1.807, 2.05) is 0 Å². The Kier molecular flexibility index (Phi) is 10.7. The van der Waals surface area contributed by atoms with Gasteiger partial charge in [-0.05, 0) is 67.3 Å². The number of carbonyl (C=O) groups is 2. The number of amides is 2. The molecule has 1 N–H and O–H groups in total. The summed E-state index contributed by atoms with van der Waals surface area (Å²) in [6, 6.07) is 15.0. The topological polar surface area (TPSA) is 86.8 Å². The van der Waals surface area contributed by atoms with E-state index in [-0.39, 0.29) is 29.6 Å². The molecule has 12 heteroatoms. The molecule has 0 aromatic heterocycles. The molecule has 2 amide bonds. The maximum Gasteiger partial charge on any atom is 0.416 e. The van der Waals surface area contributed by atoms with Gasteiger partial charge in [-0.1, -0.05) is 62.6 Å². The van der Waals surface area contributed by atoms with Crippen molar-refractivity contribution < 1.29 is 35.6 Å². The van der Waals surface area contributed by atoms with Crippen LogP contribution in [0.1, 0.15) is 56.6 Å². The molecule has 236 valence electrons. The Morgan fingerprint density at radius 1 is 0.932 bits per heavy atom. The predicted octanol–water partition coefficient (Wildman–Crippen LogP) is 6.30. The van der Waals surface area contributed by atoms with Gasteiger partial charge in [0.1, 0.15) is 18.4 Å². The van der Waals surface area contributed by atoms with Gasteiger partial charge in [-0.3, -0.25) is 13.9 Å². The first kappa shape index (κ1) is 33.0. The Labute approximate surface area is 254 Å². The highest BCUT2D eigenvalue weighted by Crippen LogP contribution is 2.33. The van der Waals surface area contributed by atoms with E-state index in [1.54, 1.807) is 13.0 Å². The van der Waals surface area contributed by atoms with E-state index in [0.29, 0.717) is 15.9 Å². The Morgan fingerprint density at radius 2 is 1.59 bits per heavy atom. The van der Waals surface area contributed by atoms with E-state index in [2.05, 4.69) is 5.32 Å². The van der Waals surface area contributed by atoms with Gasteiger partial charge >= 0.3 is 6.18 Å². The summed E-state index contributed by atoms with van der Waals surface area (Å²) in [5.74, 6) is -1.72. The standard InChI is InChI=1S/C32H35F4N3O4S/c1-2-29(31(41)37-26-11-5-3-6-12-26)38(21-23-16-18-25(33)19-17-23)30(40)22-39(44(42,43)28-14-7-4-8-15-28)27-13-9-10-24(20-27)32(34,35)36/h4,7-10,13-20,26,29H,2-3,5-6,11-12,21-22H2,1H3,(H,37,41)/t29-/m0/s1. The van der Waals surface area contributed by atoms with Crippen LogP contribution in [0.5, 0.6) is 0 Å². The monoisotopic (exact) mass is 633 g/mol. The fraction of sp³-hybridized carbons (Fsp3) is 0.375. The van der Waals surface area contributed by atoms with Crippen molar-refractivity contribution in [2.24, 2.45) is 0 Å². The molecule has 0 heterocycles. The molecule has 1 fully saturated rings. The lowest BCUT2D eigenvalue weighted by molar-refractivity contribution is -0.140. The maximum absolute atomic E-state index is 14.1. The number of carbonyl (C=O) groups excluding carboxylic acids is 2. The molecule has 0 radical (unpaired) electrons. The Bertz CT molecular complexity index is 1530. The number of nitrogens with one attached hydrogen (secondary N) is 1. The lowest BCUT2D eigenvalue weighted by atomic mass is 9.95. The molecule has 0 saturated heterocycles. The lowest BCUT2D eigenvalue weighted by Crippen LogP contribution is -2.54. The Balaban J connectivity index is 1.74. The van der Waals surface area contributed by atoms with Crippen molar-refractivity contribution in [2.75, 3.05) is 10.8 Å². The minimum atomic E-state index is -4.76. The molecule has 7 nitrogen and oxygen atoms in total. The summed E-state index contributed by atoms with van der Waals surface area (Å²) in [5.41, 5.74) is -0.962. The smallest absolute Gasteiger partial charge is 0.352 e. The maximum atomic E-state index is 14.1.